The molecule has 2 heterocycles. The summed E-state index contributed by atoms with van der Waals surface area (Å²) in [6.45, 7) is 0.791. The normalized spacial score (nSPS) is 21.3. The van der Waals surface area contributed by atoms with E-state index in [-0.39, 0.29) is 35.3 Å². The lowest BCUT2D eigenvalue weighted by molar-refractivity contribution is -0.135. The maximum absolute atomic E-state index is 13.3. The first-order valence-electron chi connectivity index (χ1n) is 10.2. The molecule has 0 saturated carbocycles. The van der Waals surface area contributed by atoms with Crippen LogP contribution in [-0.4, -0.2) is 75.0 Å². The van der Waals surface area contributed by atoms with Crippen LogP contribution in [0.5, 0.6) is 0 Å². The van der Waals surface area contributed by atoms with Crippen molar-refractivity contribution >= 4 is 26.0 Å². The highest BCUT2D eigenvalue weighted by atomic mass is 32.2. The second kappa shape index (κ2) is 8.70. The van der Waals surface area contributed by atoms with Crippen LogP contribution >= 0.6 is 0 Å². The standard InChI is InChI=1S/C21H25N3O5S2/c25-21(22-13-7-8-14-22)20-17-23(30(26,27)18-9-3-1-4-10-18)15-16-24(20)31(28,29)19-11-5-2-6-12-19/h1-6,9-12,20H,7-8,13-17H2. The molecule has 0 bridgehead atoms. The first kappa shape index (κ1) is 21.9. The third kappa shape index (κ3) is 4.25. The SMILES string of the molecule is O=C(C1CN(S(=O)(=O)c2ccccc2)CCN1S(=O)(=O)c1ccccc1)N1CCCC1. The second-order valence-corrected chi connectivity index (χ2v) is 11.5. The fourth-order valence-corrected chi connectivity index (χ4v) is 7.11. The van der Waals surface area contributed by atoms with Gasteiger partial charge >= 0.3 is 0 Å². The summed E-state index contributed by atoms with van der Waals surface area (Å²) in [5.41, 5.74) is 0. The van der Waals surface area contributed by atoms with Gasteiger partial charge in [0.15, 0.2) is 0 Å². The molecule has 1 amide bonds. The van der Waals surface area contributed by atoms with E-state index in [9.17, 15) is 21.6 Å². The summed E-state index contributed by atoms with van der Waals surface area (Å²) in [6.07, 6.45) is 1.71. The number of nitrogens with zero attached hydrogens (tertiary/aromatic N) is 3. The monoisotopic (exact) mass is 463 g/mol. The van der Waals surface area contributed by atoms with Gasteiger partial charge in [0.25, 0.3) is 0 Å². The van der Waals surface area contributed by atoms with Crippen molar-refractivity contribution in [1.82, 2.24) is 13.5 Å². The fraction of sp³-hybridized carbons (Fsp3) is 0.381. The number of hydrogen-bond donors (Lipinski definition) is 0. The molecule has 166 valence electrons. The minimum Gasteiger partial charge on any atom is -0.341 e. The van der Waals surface area contributed by atoms with Crippen LogP contribution in [0.25, 0.3) is 0 Å². The number of sulfonamides is 2. The average molecular weight is 464 g/mol. The summed E-state index contributed by atoms with van der Waals surface area (Å²) < 4.78 is 55.3. The molecule has 1 atom stereocenters. The highest BCUT2D eigenvalue weighted by Crippen LogP contribution is 2.27. The number of carbonyl (C=O) groups is 1. The average Bonchev–Trinajstić information content (AvgIpc) is 3.34. The third-order valence-corrected chi connectivity index (χ3v) is 9.53. The third-order valence-electron chi connectivity index (χ3n) is 5.73. The Bertz CT molecular complexity index is 1130. The summed E-state index contributed by atoms with van der Waals surface area (Å²) in [6, 6.07) is 14.8. The van der Waals surface area contributed by atoms with E-state index in [4.69, 9.17) is 0 Å². The van der Waals surface area contributed by atoms with Crippen molar-refractivity contribution in [2.45, 2.75) is 28.7 Å². The zero-order valence-corrected chi connectivity index (χ0v) is 18.6. The van der Waals surface area contributed by atoms with Crippen LogP contribution < -0.4 is 0 Å². The molecule has 0 radical (unpaired) electrons. The Hall–Kier alpha value is -2.27. The lowest BCUT2D eigenvalue weighted by Crippen LogP contribution is -2.61. The Labute approximate surface area is 183 Å². The van der Waals surface area contributed by atoms with Crippen molar-refractivity contribution in [1.29, 1.82) is 0 Å². The van der Waals surface area contributed by atoms with Crippen LogP contribution in [0.3, 0.4) is 0 Å². The molecule has 2 fully saturated rings. The number of piperazine rings is 1. The quantitative estimate of drug-likeness (QED) is 0.668. The number of rotatable bonds is 5. The minimum atomic E-state index is -3.95. The predicted molar refractivity (Wildman–Crippen MR) is 115 cm³/mol. The van der Waals surface area contributed by atoms with Gasteiger partial charge in [0.1, 0.15) is 6.04 Å². The maximum atomic E-state index is 13.3. The van der Waals surface area contributed by atoms with E-state index in [1.807, 2.05) is 0 Å². The van der Waals surface area contributed by atoms with Crippen LogP contribution in [0.15, 0.2) is 70.5 Å². The van der Waals surface area contributed by atoms with Gasteiger partial charge in [-0.15, -0.1) is 0 Å². The van der Waals surface area contributed by atoms with E-state index in [1.54, 1.807) is 41.3 Å². The zero-order chi connectivity index (χ0) is 22.1. The molecule has 8 nitrogen and oxygen atoms in total. The van der Waals surface area contributed by atoms with E-state index in [0.717, 1.165) is 12.8 Å². The lowest BCUT2D eigenvalue weighted by Gasteiger charge is -2.40. The van der Waals surface area contributed by atoms with Gasteiger partial charge in [-0.2, -0.15) is 8.61 Å². The van der Waals surface area contributed by atoms with Gasteiger partial charge in [0, 0.05) is 32.7 Å². The fourth-order valence-electron chi connectivity index (χ4n) is 4.07. The van der Waals surface area contributed by atoms with E-state index in [0.29, 0.717) is 13.1 Å². The van der Waals surface area contributed by atoms with E-state index in [2.05, 4.69) is 0 Å². The van der Waals surface area contributed by atoms with Gasteiger partial charge in [-0.05, 0) is 37.1 Å². The first-order valence-corrected chi connectivity index (χ1v) is 13.1. The molecule has 0 spiro atoms. The number of hydrogen-bond acceptors (Lipinski definition) is 5. The van der Waals surface area contributed by atoms with Crippen LogP contribution in [0.4, 0.5) is 0 Å². The Kier molecular flexibility index (Phi) is 6.16. The molecule has 0 N–H and O–H groups in total. The minimum absolute atomic E-state index is 0.0208. The summed E-state index contributed by atoms with van der Waals surface area (Å²) in [5.74, 6) is -0.343. The Morgan fingerprint density at radius 1 is 0.710 bits per heavy atom. The van der Waals surface area contributed by atoms with Crippen molar-refractivity contribution in [3.05, 3.63) is 60.7 Å². The molecule has 31 heavy (non-hydrogen) atoms. The van der Waals surface area contributed by atoms with Gasteiger partial charge in [-0.1, -0.05) is 36.4 Å². The molecule has 0 aliphatic carbocycles. The molecule has 4 rings (SSSR count). The van der Waals surface area contributed by atoms with Crippen LogP contribution in [0.2, 0.25) is 0 Å². The topological polar surface area (TPSA) is 95.1 Å². The van der Waals surface area contributed by atoms with Gasteiger partial charge in [-0.25, -0.2) is 16.8 Å². The Morgan fingerprint density at radius 2 is 1.23 bits per heavy atom. The predicted octanol–water partition coefficient (Wildman–Crippen LogP) is 1.37. The molecule has 2 saturated heterocycles. The number of likely N-dealkylation sites (tertiary alicyclic amines) is 1. The molecule has 2 aliphatic rings. The van der Waals surface area contributed by atoms with Crippen LogP contribution in [-0.2, 0) is 24.8 Å². The van der Waals surface area contributed by atoms with Crippen molar-refractivity contribution in [3.63, 3.8) is 0 Å². The highest BCUT2D eigenvalue weighted by molar-refractivity contribution is 7.89. The molecule has 0 aromatic heterocycles. The van der Waals surface area contributed by atoms with Gasteiger partial charge < -0.3 is 4.90 Å². The number of amides is 1. The van der Waals surface area contributed by atoms with E-state index < -0.39 is 26.1 Å². The molecule has 10 heteroatoms. The molecule has 2 aliphatic heterocycles. The molecular formula is C21H25N3O5S2. The summed E-state index contributed by atoms with van der Waals surface area (Å²) in [5, 5.41) is 0. The second-order valence-electron chi connectivity index (χ2n) is 7.65. The lowest BCUT2D eigenvalue weighted by atomic mass is 10.2. The van der Waals surface area contributed by atoms with Gasteiger partial charge in [-0.3, -0.25) is 4.79 Å². The molecule has 1 unspecified atom stereocenters. The summed E-state index contributed by atoms with van der Waals surface area (Å²) >= 11 is 0. The van der Waals surface area contributed by atoms with Crippen LogP contribution in [0, 0.1) is 0 Å². The Balaban J connectivity index is 1.68. The van der Waals surface area contributed by atoms with Crippen molar-refractivity contribution < 1.29 is 21.6 Å². The smallest absolute Gasteiger partial charge is 0.243 e. The van der Waals surface area contributed by atoms with Crippen molar-refractivity contribution in [3.8, 4) is 0 Å². The molecule has 2 aromatic rings. The molecule has 2 aromatic carbocycles. The number of benzene rings is 2. The van der Waals surface area contributed by atoms with Crippen LogP contribution in [0.1, 0.15) is 12.8 Å². The van der Waals surface area contributed by atoms with Crippen molar-refractivity contribution in [2.75, 3.05) is 32.7 Å². The Morgan fingerprint density at radius 3 is 1.77 bits per heavy atom. The molecular weight excluding hydrogens is 438 g/mol. The van der Waals surface area contributed by atoms with Gasteiger partial charge in [0.2, 0.25) is 26.0 Å². The summed E-state index contributed by atoms with van der Waals surface area (Å²) in [7, 11) is -7.80. The zero-order valence-electron chi connectivity index (χ0n) is 17.0. The van der Waals surface area contributed by atoms with Gasteiger partial charge in [0.05, 0.1) is 9.79 Å². The highest BCUT2D eigenvalue weighted by Gasteiger charge is 2.44. The largest absolute Gasteiger partial charge is 0.341 e. The maximum Gasteiger partial charge on any atom is 0.243 e. The van der Waals surface area contributed by atoms with Crippen molar-refractivity contribution in [2.24, 2.45) is 0 Å². The van der Waals surface area contributed by atoms with E-state index in [1.165, 1.54) is 32.9 Å². The summed E-state index contributed by atoms with van der Waals surface area (Å²) in [4.78, 5) is 15.1. The van der Waals surface area contributed by atoms with E-state index >= 15 is 0 Å². The first-order chi connectivity index (χ1) is 14.8. The number of carbonyl (C=O) groups excluding carboxylic acids is 1.